The molecular formula is C32H28N2O7S. The topological polar surface area (TPSA) is 120 Å². The second-order valence-corrected chi connectivity index (χ2v) is 10.5. The normalized spacial score (nSPS) is 14.7. The Bertz CT molecular complexity index is 1910. The number of aryl methyl sites for hydroxylation is 1. The summed E-state index contributed by atoms with van der Waals surface area (Å²) in [6.07, 6.45) is 3.27. The number of hydrogen-bond donors (Lipinski definition) is 1. The number of carbonyl (C=O) groups excluding carboxylic acids is 1. The second kappa shape index (κ2) is 11.9. The van der Waals surface area contributed by atoms with Crippen molar-refractivity contribution in [2.24, 2.45) is 4.99 Å². The molecule has 0 saturated heterocycles. The lowest BCUT2D eigenvalue weighted by Crippen LogP contribution is -2.39. The third-order valence-electron chi connectivity index (χ3n) is 6.73. The fourth-order valence-corrected chi connectivity index (χ4v) is 5.76. The van der Waals surface area contributed by atoms with E-state index < -0.39 is 18.0 Å². The smallest absolute Gasteiger partial charge is 0.338 e. The van der Waals surface area contributed by atoms with Gasteiger partial charge in [0, 0.05) is 11.6 Å². The van der Waals surface area contributed by atoms with Gasteiger partial charge in [-0.15, -0.1) is 0 Å². The molecule has 0 bridgehead atoms. The van der Waals surface area contributed by atoms with Crippen molar-refractivity contribution in [1.29, 1.82) is 0 Å². The molecule has 1 atom stereocenters. The van der Waals surface area contributed by atoms with Crippen LogP contribution in [0.1, 0.15) is 47.1 Å². The molecule has 4 aromatic rings. The van der Waals surface area contributed by atoms with E-state index in [9.17, 15) is 19.5 Å². The number of fused-ring (bicyclic) bond motifs is 1. The molecule has 3 heterocycles. The highest BCUT2D eigenvalue weighted by atomic mass is 32.1. The molecule has 0 saturated carbocycles. The highest BCUT2D eigenvalue weighted by Crippen LogP contribution is 2.32. The first-order valence-electron chi connectivity index (χ1n) is 13.2. The number of aromatic nitrogens is 1. The number of aromatic carboxylic acids is 1. The third-order valence-corrected chi connectivity index (χ3v) is 7.71. The van der Waals surface area contributed by atoms with Gasteiger partial charge in [0.25, 0.3) is 5.56 Å². The van der Waals surface area contributed by atoms with Gasteiger partial charge in [-0.1, -0.05) is 42.2 Å². The number of furan rings is 1. The van der Waals surface area contributed by atoms with Crippen LogP contribution in [0, 0.1) is 6.92 Å². The molecular weight excluding hydrogens is 556 g/mol. The molecule has 2 aromatic carbocycles. The Morgan fingerprint density at radius 3 is 2.60 bits per heavy atom. The molecule has 5 rings (SSSR count). The van der Waals surface area contributed by atoms with Gasteiger partial charge in [0.1, 0.15) is 23.9 Å². The summed E-state index contributed by atoms with van der Waals surface area (Å²) in [5.41, 5.74) is 2.74. The number of carbonyl (C=O) groups is 2. The molecule has 0 radical (unpaired) electrons. The molecule has 0 amide bonds. The molecule has 0 fully saturated rings. The standard InChI is InChI=1S/C32H28N2O7S/c1-5-15-40-22-11-9-20(10-12-22)28-27(31(38)39-6-2)19(4)33-32-34(28)29(35)26(42-32)17-23-13-14-25(41-23)24-16-21(30(36)37)8-7-18(24)3/h5,7-14,16-17,28H,1,6,15H2,2-4H3,(H,36,37). The van der Waals surface area contributed by atoms with Crippen LogP contribution in [0.25, 0.3) is 17.4 Å². The molecule has 9 nitrogen and oxygen atoms in total. The van der Waals surface area contributed by atoms with Crippen molar-refractivity contribution in [1.82, 2.24) is 4.57 Å². The molecule has 42 heavy (non-hydrogen) atoms. The first-order chi connectivity index (χ1) is 20.2. The number of thiazole rings is 1. The van der Waals surface area contributed by atoms with Crippen LogP contribution in [0.5, 0.6) is 5.75 Å². The minimum Gasteiger partial charge on any atom is -0.490 e. The fraction of sp³-hybridized carbons (Fsp3) is 0.188. The van der Waals surface area contributed by atoms with Crippen molar-refractivity contribution < 1.29 is 28.6 Å². The Morgan fingerprint density at radius 2 is 1.90 bits per heavy atom. The fourth-order valence-electron chi connectivity index (χ4n) is 4.73. The van der Waals surface area contributed by atoms with Crippen LogP contribution < -0.4 is 19.6 Å². The zero-order chi connectivity index (χ0) is 30.0. The summed E-state index contributed by atoms with van der Waals surface area (Å²) >= 11 is 1.18. The van der Waals surface area contributed by atoms with Crippen LogP contribution in [-0.2, 0) is 9.53 Å². The van der Waals surface area contributed by atoms with Crippen LogP contribution in [0.3, 0.4) is 0 Å². The van der Waals surface area contributed by atoms with Crippen LogP contribution >= 0.6 is 11.3 Å². The Balaban J connectivity index is 1.60. The summed E-state index contributed by atoms with van der Waals surface area (Å²) in [4.78, 5) is 43.5. The molecule has 1 aliphatic rings. The van der Waals surface area contributed by atoms with Gasteiger partial charge in [0.2, 0.25) is 0 Å². The number of nitrogens with zero attached hydrogens (tertiary/aromatic N) is 2. The average molecular weight is 585 g/mol. The number of carboxylic acid groups (broad SMARTS) is 1. The Morgan fingerprint density at radius 1 is 1.14 bits per heavy atom. The number of allylic oxidation sites excluding steroid dienone is 1. The number of rotatable bonds is 9. The van der Waals surface area contributed by atoms with Crippen LogP contribution in [0.4, 0.5) is 0 Å². The van der Waals surface area contributed by atoms with Crippen molar-refractivity contribution >= 4 is 29.4 Å². The SMILES string of the molecule is C=CCOc1ccc(C2C(C(=O)OCC)=C(C)N=c3sc(=Cc4ccc(-c5cc(C(=O)O)ccc5C)o4)c(=O)n32)cc1. The lowest BCUT2D eigenvalue weighted by molar-refractivity contribution is -0.139. The van der Waals surface area contributed by atoms with Crippen LogP contribution in [0.15, 0.2) is 92.7 Å². The molecule has 1 unspecified atom stereocenters. The summed E-state index contributed by atoms with van der Waals surface area (Å²) < 4.78 is 18.8. The van der Waals surface area contributed by atoms with Crippen LogP contribution in [-0.4, -0.2) is 34.8 Å². The van der Waals surface area contributed by atoms with E-state index in [4.69, 9.17) is 13.9 Å². The maximum Gasteiger partial charge on any atom is 0.338 e. The number of esters is 1. The van der Waals surface area contributed by atoms with Crippen molar-refractivity contribution in [2.75, 3.05) is 13.2 Å². The Kier molecular flexibility index (Phi) is 8.08. The minimum absolute atomic E-state index is 0.148. The number of hydrogen-bond acceptors (Lipinski definition) is 8. The van der Waals surface area contributed by atoms with Gasteiger partial charge >= 0.3 is 11.9 Å². The van der Waals surface area contributed by atoms with E-state index in [1.165, 1.54) is 22.0 Å². The molecule has 2 aromatic heterocycles. The van der Waals surface area contributed by atoms with Crippen molar-refractivity contribution in [3.63, 3.8) is 0 Å². The lowest BCUT2D eigenvalue weighted by atomic mass is 9.96. The second-order valence-electron chi connectivity index (χ2n) is 9.51. The lowest BCUT2D eigenvalue weighted by Gasteiger charge is -2.24. The summed E-state index contributed by atoms with van der Waals surface area (Å²) in [6, 6.07) is 14.7. The third kappa shape index (κ3) is 5.48. The highest BCUT2D eigenvalue weighted by molar-refractivity contribution is 7.07. The first kappa shape index (κ1) is 28.6. The maximum atomic E-state index is 13.9. The molecule has 1 aliphatic heterocycles. The van der Waals surface area contributed by atoms with E-state index in [0.717, 1.165) is 5.56 Å². The van der Waals surface area contributed by atoms with Crippen LogP contribution in [0.2, 0.25) is 0 Å². The van der Waals surface area contributed by atoms with E-state index >= 15 is 0 Å². The van der Waals surface area contributed by atoms with Gasteiger partial charge in [-0.05, 0) is 68.3 Å². The number of carboxylic acids is 1. The predicted octanol–water partition coefficient (Wildman–Crippen LogP) is 4.63. The molecule has 1 N–H and O–H groups in total. The van der Waals surface area contributed by atoms with E-state index in [1.807, 2.05) is 19.1 Å². The quantitative estimate of drug-likeness (QED) is 0.225. The van der Waals surface area contributed by atoms with Crippen molar-refractivity contribution in [3.05, 3.63) is 121 Å². The zero-order valence-corrected chi connectivity index (χ0v) is 24.1. The van der Waals surface area contributed by atoms with Crippen molar-refractivity contribution in [2.45, 2.75) is 26.8 Å². The molecule has 0 spiro atoms. The Hall–Kier alpha value is -4.96. The van der Waals surface area contributed by atoms with Gasteiger partial charge < -0.3 is 19.0 Å². The average Bonchev–Trinajstić information content (AvgIpc) is 3.55. The first-order valence-corrected chi connectivity index (χ1v) is 14.0. The number of ether oxygens (including phenoxy) is 2. The molecule has 214 valence electrons. The monoisotopic (exact) mass is 584 g/mol. The molecule has 0 aliphatic carbocycles. The largest absolute Gasteiger partial charge is 0.490 e. The summed E-state index contributed by atoms with van der Waals surface area (Å²) in [6.45, 7) is 9.50. The Labute approximate surface area is 245 Å². The summed E-state index contributed by atoms with van der Waals surface area (Å²) in [5.74, 6) is -0.0550. The highest BCUT2D eigenvalue weighted by Gasteiger charge is 2.33. The van der Waals surface area contributed by atoms with Gasteiger partial charge in [0.05, 0.1) is 34.0 Å². The van der Waals surface area contributed by atoms with Gasteiger partial charge in [0.15, 0.2) is 4.80 Å². The van der Waals surface area contributed by atoms with Gasteiger partial charge in [-0.3, -0.25) is 9.36 Å². The van der Waals surface area contributed by atoms with Gasteiger partial charge in [-0.2, -0.15) is 0 Å². The van der Waals surface area contributed by atoms with E-state index in [-0.39, 0.29) is 23.3 Å². The van der Waals surface area contributed by atoms with Crippen molar-refractivity contribution in [3.8, 4) is 17.1 Å². The minimum atomic E-state index is -1.03. The number of benzene rings is 2. The zero-order valence-electron chi connectivity index (χ0n) is 23.2. The maximum absolute atomic E-state index is 13.9. The predicted molar refractivity (Wildman–Crippen MR) is 158 cm³/mol. The molecule has 10 heteroatoms. The van der Waals surface area contributed by atoms with E-state index in [2.05, 4.69) is 11.6 Å². The summed E-state index contributed by atoms with van der Waals surface area (Å²) in [7, 11) is 0. The van der Waals surface area contributed by atoms with Gasteiger partial charge in [-0.25, -0.2) is 14.6 Å². The van der Waals surface area contributed by atoms with E-state index in [1.54, 1.807) is 62.4 Å². The van der Waals surface area contributed by atoms with E-state index in [0.29, 0.717) is 50.0 Å². The summed E-state index contributed by atoms with van der Waals surface area (Å²) in [5, 5.41) is 9.39.